The normalized spacial score (nSPS) is 11.6. The van der Waals surface area contributed by atoms with Crippen molar-refractivity contribution in [3.8, 4) is 11.5 Å². The van der Waals surface area contributed by atoms with Crippen LogP contribution in [0, 0.1) is 0 Å². The molecule has 106 valence electrons. The van der Waals surface area contributed by atoms with Crippen LogP contribution in [0.25, 0.3) is 11.5 Å². The van der Waals surface area contributed by atoms with Gasteiger partial charge in [0.15, 0.2) is 11.5 Å². The first-order valence-electron chi connectivity index (χ1n) is 6.22. The van der Waals surface area contributed by atoms with E-state index in [1.807, 2.05) is 24.4 Å². The molecule has 0 atom stereocenters. The Kier molecular flexibility index (Phi) is 3.65. The first-order valence-corrected chi connectivity index (χ1v) is 7.10. The highest BCUT2D eigenvalue weighted by Crippen LogP contribution is 2.17. The van der Waals surface area contributed by atoms with Crippen LogP contribution in [0.4, 0.5) is 0 Å². The fraction of sp³-hybridized carbons (Fsp3) is 0.0714. The second-order valence-corrected chi connectivity index (χ2v) is 5.21. The predicted molar refractivity (Wildman–Crippen MR) is 80.3 cm³/mol. The van der Waals surface area contributed by atoms with Crippen molar-refractivity contribution < 1.29 is 9.21 Å². The van der Waals surface area contributed by atoms with Crippen LogP contribution in [0.5, 0.6) is 0 Å². The number of aromatic nitrogens is 2. The predicted octanol–water partition coefficient (Wildman–Crippen LogP) is 2.89. The van der Waals surface area contributed by atoms with Crippen LogP contribution in [0.3, 0.4) is 0 Å². The zero-order chi connectivity index (χ0) is 14.7. The Balaban J connectivity index is 1.70. The van der Waals surface area contributed by atoms with Gasteiger partial charge in [-0.3, -0.25) is 9.89 Å². The lowest BCUT2D eigenvalue weighted by Crippen LogP contribution is -2.19. The molecule has 1 amide bonds. The second kappa shape index (κ2) is 5.76. The van der Waals surface area contributed by atoms with Crippen LogP contribution in [-0.2, 0) is 0 Å². The average molecular weight is 300 g/mol. The molecule has 0 radical (unpaired) electrons. The third kappa shape index (κ3) is 2.92. The van der Waals surface area contributed by atoms with E-state index in [9.17, 15) is 4.79 Å². The van der Waals surface area contributed by atoms with E-state index < -0.39 is 0 Å². The number of amides is 1. The molecular weight excluding hydrogens is 288 g/mol. The van der Waals surface area contributed by atoms with Crippen molar-refractivity contribution in [3.05, 3.63) is 52.5 Å². The molecule has 0 aliphatic rings. The maximum atomic E-state index is 12.0. The number of hydrogen-bond donors (Lipinski definition) is 2. The standard InChI is InChI=1S/C14H12N4O2S/c1-9(13-5-3-7-21-13)15-18-14(19)11-8-10(16-17-11)12-4-2-6-20-12/h2-8H,1H3,(H,16,17)(H,18,19)/b15-9-. The molecule has 0 fully saturated rings. The summed E-state index contributed by atoms with van der Waals surface area (Å²) < 4.78 is 5.23. The molecule has 3 aromatic heterocycles. The number of nitrogens with one attached hydrogen (secondary N) is 2. The van der Waals surface area contributed by atoms with E-state index in [0.29, 0.717) is 11.5 Å². The van der Waals surface area contributed by atoms with Crippen molar-refractivity contribution in [2.24, 2.45) is 5.10 Å². The van der Waals surface area contributed by atoms with Crippen molar-refractivity contribution in [3.63, 3.8) is 0 Å². The van der Waals surface area contributed by atoms with Gasteiger partial charge in [0.05, 0.1) is 12.0 Å². The van der Waals surface area contributed by atoms with Crippen molar-refractivity contribution in [2.75, 3.05) is 0 Å². The molecule has 2 N–H and O–H groups in total. The average Bonchev–Trinajstić information content (AvgIpc) is 3.25. The minimum atomic E-state index is -0.375. The lowest BCUT2D eigenvalue weighted by atomic mass is 10.3. The zero-order valence-electron chi connectivity index (χ0n) is 11.2. The number of rotatable bonds is 4. The Hall–Kier alpha value is -2.67. The van der Waals surface area contributed by atoms with Gasteiger partial charge in [-0.15, -0.1) is 11.3 Å². The molecular formula is C14H12N4O2S. The van der Waals surface area contributed by atoms with Gasteiger partial charge in [0, 0.05) is 10.9 Å². The summed E-state index contributed by atoms with van der Waals surface area (Å²) in [4.78, 5) is 13.0. The topological polar surface area (TPSA) is 83.3 Å². The molecule has 0 saturated carbocycles. The largest absolute Gasteiger partial charge is 0.463 e. The quantitative estimate of drug-likeness (QED) is 0.574. The minimum absolute atomic E-state index is 0.254. The number of hydrogen-bond acceptors (Lipinski definition) is 5. The molecule has 7 heteroatoms. The van der Waals surface area contributed by atoms with Crippen LogP contribution in [0.15, 0.2) is 51.5 Å². The van der Waals surface area contributed by atoms with Gasteiger partial charge >= 0.3 is 0 Å². The number of carbonyl (C=O) groups is 1. The van der Waals surface area contributed by atoms with Gasteiger partial charge in [-0.25, -0.2) is 5.43 Å². The first-order chi connectivity index (χ1) is 10.2. The molecule has 21 heavy (non-hydrogen) atoms. The molecule has 0 aromatic carbocycles. The summed E-state index contributed by atoms with van der Waals surface area (Å²) in [6.07, 6.45) is 1.56. The number of nitrogens with zero attached hydrogens (tertiary/aromatic N) is 2. The summed E-state index contributed by atoms with van der Waals surface area (Å²) in [6.45, 7) is 1.84. The van der Waals surface area contributed by atoms with E-state index in [4.69, 9.17) is 4.42 Å². The molecule has 3 rings (SSSR count). The van der Waals surface area contributed by atoms with Crippen molar-refractivity contribution in [1.29, 1.82) is 0 Å². The van der Waals surface area contributed by atoms with Gasteiger partial charge in [0.25, 0.3) is 5.91 Å². The molecule has 0 aliphatic heterocycles. The molecule has 0 unspecified atom stereocenters. The molecule has 0 aliphatic carbocycles. The lowest BCUT2D eigenvalue weighted by Gasteiger charge is -1.98. The highest BCUT2D eigenvalue weighted by atomic mass is 32.1. The number of thiophene rings is 1. The summed E-state index contributed by atoms with van der Waals surface area (Å²) in [5.74, 6) is 0.250. The molecule has 3 aromatic rings. The summed E-state index contributed by atoms with van der Waals surface area (Å²) in [7, 11) is 0. The van der Waals surface area contributed by atoms with Crippen LogP contribution >= 0.6 is 11.3 Å². The number of hydrazone groups is 1. The number of furan rings is 1. The third-order valence-electron chi connectivity index (χ3n) is 2.80. The highest BCUT2D eigenvalue weighted by Gasteiger charge is 2.12. The number of aromatic amines is 1. The lowest BCUT2D eigenvalue weighted by molar-refractivity contribution is 0.0950. The van der Waals surface area contributed by atoms with E-state index in [-0.39, 0.29) is 11.6 Å². The van der Waals surface area contributed by atoms with Crippen LogP contribution in [0.1, 0.15) is 22.3 Å². The van der Waals surface area contributed by atoms with Crippen molar-refractivity contribution in [1.82, 2.24) is 15.6 Å². The number of carbonyl (C=O) groups excluding carboxylic acids is 1. The Morgan fingerprint density at radius 2 is 2.33 bits per heavy atom. The van der Waals surface area contributed by atoms with Gasteiger partial charge in [-0.1, -0.05) is 6.07 Å². The van der Waals surface area contributed by atoms with Crippen LogP contribution in [-0.4, -0.2) is 21.8 Å². The molecule has 0 bridgehead atoms. The van der Waals surface area contributed by atoms with E-state index in [1.54, 1.807) is 35.8 Å². The molecule has 0 saturated heterocycles. The van der Waals surface area contributed by atoms with E-state index in [0.717, 1.165) is 10.6 Å². The number of H-pyrrole nitrogens is 1. The smallest absolute Gasteiger partial charge is 0.291 e. The highest BCUT2D eigenvalue weighted by molar-refractivity contribution is 7.12. The Morgan fingerprint density at radius 3 is 3.05 bits per heavy atom. The van der Waals surface area contributed by atoms with Gasteiger partial charge < -0.3 is 4.42 Å². The third-order valence-corrected chi connectivity index (χ3v) is 3.78. The van der Waals surface area contributed by atoms with Crippen LogP contribution in [0.2, 0.25) is 0 Å². The van der Waals surface area contributed by atoms with Gasteiger partial charge in [-0.05, 0) is 30.5 Å². The van der Waals surface area contributed by atoms with Crippen molar-refractivity contribution >= 4 is 23.0 Å². The Labute approximate surface area is 124 Å². The molecule has 0 spiro atoms. The Morgan fingerprint density at radius 1 is 1.43 bits per heavy atom. The fourth-order valence-corrected chi connectivity index (χ4v) is 2.40. The molecule has 6 nitrogen and oxygen atoms in total. The Bertz CT molecular complexity index is 757. The minimum Gasteiger partial charge on any atom is -0.463 e. The van der Waals surface area contributed by atoms with Crippen molar-refractivity contribution in [2.45, 2.75) is 6.92 Å². The van der Waals surface area contributed by atoms with Gasteiger partial charge in [-0.2, -0.15) is 10.2 Å². The summed E-state index contributed by atoms with van der Waals surface area (Å²) >= 11 is 1.56. The SMILES string of the molecule is C/C(=N/NC(=O)c1cc(-c2ccco2)[nH]n1)c1cccs1. The van der Waals surface area contributed by atoms with Gasteiger partial charge in [0.1, 0.15) is 5.69 Å². The maximum Gasteiger partial charge on any atom is 0.291 e. The second-order valence-electron chi connectivity index (χ2n) is 4.26. The first kappa shape index (κ1) is 13.3. The van der Waals surface area contributed by atoms with E-state index in [2.05, 4.69) is 20.7 Å². The van der Waals surface area contributed by atoms with Gasteiger partial charge in [0.2, 0.25) is 0 Å². The van der Waals surface area contributed by atoms with E-state index >= 15 is 0 Å². The van der Waals surface area contributed by atoms with Crippen LogP contribution < -0.4 is 5.43 Å². The summed E-state index contributed by atoms with van der Waals surface area (Å²) in [6, 6.07) is 9.05. The van der Waals surface area contributed by atoms with E-state index in [1.165, 1.54) is 0 Å². The fourth-order valence-electron chi connectivity index (χ4n) is 1.73. The summed E-state index contributed by atoms with van der Waals surface area (Å²) in [5.41, 5.74) is 4.13. The monoisotopic (exact) mass is 300 g/mol. The maximum absolute atomic E-state index is 12.0. The molecule has 3 heterocycles. The summed E-state index contributed by atoms with van der Waals surface area (Å²) in [5, 5.41) is 12.7. The zero-order valence-corrected chi connectivity index (χ0v) is 12.0.